The van der Waals surface area contributed by atoms with Gasteiger partial charge in [0.1, 0.15) is 0 Å². The van der Waals surface area contributed by atoms with E-state index in [4.69, 9.17) is 9.26 Å². The molecule has 5 rings (SSSR count). The normalized spacial score (nSPS) is 16.8. The molecule has 1 saturated heterocycles. The van der Waals surface area contributed by atoms with E-state index in [1.807, 2.05) is 23.6 Å². The Balaban J connectivity index is 1.35. The molecule has 0 aliphatic carbocycles. The average Bonchev–Trinajstić information content (AvgIpc) is 3.53. The van der Waals surface area contributed by atoms with Gasteiger partial charge in [0.2, 0.25) is 0 Å². The molecule has 0 aromatic carbocycles. The molecule has 1 fully saturated rings. The summed E-state index contributed by atoms with van der Waals surface area (Å²) < 4.78 is 13.4. The highest BCUT2D eigenvalue weighted by Crippen LogP contribution is 2.30. The minimum atomic E-state index is 0.213. The van der Waals surface area contributed by atoms with Crippen LogP contribution in [0.15, 0.2) is 44.7 Å². The first-order valence-corrected chi connectivity index (χ1v) is 11.7. The van der Waals surface area contributed by atoms with Crippen LogP contribution in [-0.4, -0.2) is 37.6 Å². The van der Waals surface area contributed by atoms with E-state index in [0.29, 0.717) is 17.5 Å². The third-order valence-electron chi connectivity index (χ3n) is 4.40. The summed E-state index contributed by atoms with van der Waals surface area (Å²) in [7, 11) is 0. The van der Waals surface area contributed by atoms with Gasteiger partial charge in [0.25, 0.3) is 5.89 Å². The lowest BCUT2D eigenvalue weighted by Gasteiger charge is -2.13. The summed E-state index contributed by atoms with van der Waals surface area (Å²) in [4.78, 5) is 6.57. The van der Waals surface area contributed by atoms with Crippen LogP contribution >= 0.6 is 34.4 Å². The van der Waals surface area contributed by atoms with Crippen molar-refractivity contribution in [2.75, 3.05) is 6.61 Å². The molecule has 7 nitrogen and oxygen atoms in total. The van der Waals surface area contributed by atoms with Gasteiger partial charge in [-0.2, -0.15) is 4.98 Å². The number of hydrogen-bond donors (Lipinski definition) is 0. The van der Waals surface area contributed by atoms with Gasteiger partial charge in [-0.1, -0.05) is 29.1 Å². The lowest BCUT2D eigenvalue weighted by atomic mass is 10.2. The molecule has 0 radical (unpaired) electrons. The first-order valence-electron chi connectivity index (χ1n) is 8.95. The summed E-state index contributed by atoms with van der Waals surface area (Å²) in [5.74, 6) is 2.67. The Hall–Kier alpha value is -2.01. The summed E-state index contributed by atoms with van der Waals surface area (Å²) >= 11 is 4.82. The topological polar surface area (TPSA) is 78.9 Å². The minimum Gasteiger partial charge on any atom is -0.376 e. The number of hydrogen-bond acceptors (Lipinski definition) is 9. The van der Waals surface area contributed by atoms with Crippen LogP contribution in [0.2, 0.25) is 0 Å². The van der Waals surface area contributed by atoms with E-state index >= 15 is 0 Å². The highest BCUT2D eigenvalue weighted by atomic mass is 32.2. The van der Waals surface area contributed by atoms with Crippen molar-refractivity contribution in [3.63, 3.8) is 0 Å². The lowest BCUT2D eigenvalue weighted by molar-refractivity contribution is 0.0953. The third-order valence-corrected chi connectivity index (χ3v) is 7.09. The van der Waals surface area contributed by atoms with Crippen molar-refractivity contribution in [3.05, 3.63) is 40.8 Å². The highest BCUT2D eigenvalue weighted by molar-refractivity contribution is 7.98. The van der Waals surface area contributed by atoms with E-state index in [2.05, 4.69) is 36.4 Å². The molecule has 4 aromatic rings. The molecule has 28 heavy (non-hydrogen) atoms. The number of ether oxygens (including phenoxy) is 1. The van der Waals surface area contributed by atoms with Gasteiger partial charge in [-0.25, -0.2) is 0 Å². The van der Waals surface area contributed by atoms with Crippen LogP contribution in [0.5, 0.6) is 0 Å². The van der Waals surface area contributed by atoms with Crippen molar-refractivity contribution in [3.8, 4) is 21.5 Å². The van der Waals surface area contributed by atoms with Crippen molar-refractivity contribution in [2.24, 2.45) is 0 Å². The van der Waals surface area contributed by atoms with Gasteiger partial charge in [0, 0.05) is 6.61 Å². The van der Waals surface area contributed by atoms with Gasteiger partial charge in [0.15, 0.2) is 16.8 Å². The van der Waals surface area contributed by atoms with E-state index in [1.54, 1.807) is 34.4 Å². The Kier molecular flexibility index (Phi) is 5.26. The monoisotopic (exact) mass is 431 g/mol. The van der Waals surface area contributed by atoms with Crippen molar-refractivity contribution in [2.45, 2.75) is 36.4 Å². The molecule has 0 bridgehead atoms. The zero-order chi connectivity index (χ0) is 18.8. The van der Waals surface area contributed by atoms with E-state index < -0.39 is 0 Å². The molecule has 1 aliphatic rings. The number of thiophene rings is 2. The number of rotatable bonds is 7. The molecule has 1 aliphatic heterocycles. The van der Waals surface area contributed by atoms with Gasteiger partial charge < -0.3 is 9.26 Å². The lowest BCUT2D eigenvalue weighted by Crippen LogP contribution is -2.16. The third kappa shape index (κ3) is 3.77. The standard InChI is InChI=1S/C18H17N5O2S3/c1-4-12(24-7-1)10-23-16(13-5-2-8-26-13)20-21-18(23)28-11-15-19-17(25-22-15)14-6-3-9-27-14/h2-3,5-6,8-9,12H,1,4,7,10-11H2. The number of nitrogens with zero attached hydrogens (tertiary/aromatic N) is 5. The van der Waals surface area contributed by atoms with E-state index in [1.165, 1.54) is 0 Å². The van der Waals surface area contributed by atoms with Gasteiger partial charge >= 0.3 is 0 Å². The minimum absolute atomic E-state index is 0.213. The quantitative estimate of drug-likeness (QED) is 0.396. The molecule has 0 N–H and O–H groups in total. The molecule has 0 saturated carbocycles. The molecular weight excluding hydrogens is 414 g/mol. The van der Waals surface area contributed by atoms with Crippen molar-refractivity contribution >= 4 is 34.4 Å². The van der Waals surface area contributed by atoms with Crippen LogP contribution in [-0.2, 0) is 17.0 Å². The second-order valence-corrected chi connectivity index (χ2v) is 9.15. The van der Waals surface area contributed by atoms with Crippen LogP contribution in [0.25, 0.3) is 21.5 Å². The highest BCUT2D eigenvalue weighted by Gasteiger charge is 2.22. The van der Waals surface area contributed by atoms with E-state index in [9.17, 15) is 0 Å². The summed E-state index contributed by atoms with van der Waals surface area (Å²) in [5, 5.41) is 17.9. The van der Waals surface area contributed by atoms with Crippen LogP contribution < -0.4 is 0 Å². The first kappa shape index (κ1) is 18.0. The van der Waals surface area contributed by atoms with Gasteiger partial charge in [-0.05, 0) is 35.7 Å². The largest absolute Gasteiger partial charge is 0.376 e. The van der Waals surface area contributed by atoms with Crippen LogP contribution in [0, 0.1) is 0 Å². The van der Waals surface area contributed by atoms with E-state index in [0.717, 1.165) is 46.7 Å². The van der Waals surface area contributed by atoms with Gasteiger partial charge in [-0.3, -0.25) is 4.57 Å². The predicted molar refractivity (Wildman–Crippen MR) is 109 cm³/mol. The molecule has 0 amide bonds. The maximum atomic E-state index is 5.84. The Bertz CT molecular complexity index is 1020. The zero-order valence-corrected chi connectivity index (χ0v) is 17.3. The summed E-state index contributed by atoms with van der Waals surface area (Å²) in [5.41, 5.74) is 0. The summed E-state index contributed by atoms with van der Waals surface area (Å²) in [6.07, 6.45) is 2.39. The van der Waals surface area contributed by atoms with Crippen molar-refractivity contribution < 1.29 is 9.26 Å². The Labute approximate surface area is 173 Å². The number of thioether (sulfide) groups is 1. The molecule has 10 heteroatoms. The predicted octanol–water partition coefficient (Wildman–Crippen LogP) is 4.59. The second kappa shape index (κ2) is 8.16. The SMILES string of the molecule is c1csc(-c2nc(CSc3nnc(-c4cccs4)n3CC3CCCO3)no2)c1. The smallest absolute Gasteiger partial charge is 0.268 e. The van der Waals surface area contributed by atoms with Crippen LogP contribution in [0.4, 0.5) is 0 Å². The zero-order valence-electron chi connectivity index (χ0n) is 14.9. The number of aromatic nitrogens is 5. The van der Waals surface area contributed by atoms with Crippen LogP contribution in [0.3, 0.4) is 0 Å². The van der Waals surface area contributed by atoms with Gasteiger partial charge in [-0.15, -0.1) is 32.9 Å². The van der Waals surface area contributed by atoms with Gasteiger partial charge in [0.05, 0.1) is 28.2 Å². The molecular formula is C18H17N5O2S3. The summed E-state index contributed by atoms with van der Waals surface area (Å²) in [6, 6.07) is 8.05. The second-order valence-electron chi connectivity index (χ2n) is 6.31. The maximum Gasteiger partial charge on any atom is 0.268 e. The molecule has 4 aromatic heterocycles. The Morgan fingerprint density at radius 1 is 1.14 bits per heavy atom. The Morgan fingerprint density at radius 3 is 2.75 bits per heavy atom. The fourth-order valence-corrected chi connectivity index (χ4v) is 5.23. The Morgan fingerprint density at radius 2 is 2.00 bits per heavy atom. The molecule has 144 valence electrons. The summed E-state index contributed by atoms with van der Waals surface area (Å²) in [6.45, 7) is 1.59. The maximum absolute atomic E-state index is 5.84. The molecule has 0 spiro atoms. The van der Waals surface area contributed by atoms with E-state index in [-0.39, 0.29) is 6.10 Å². The van der Waals surface area contributed by atoms with Crippen molar-refractivity contribution in [1.29, 1.82) is 0 Å². The molecule has 5 heterocycles. The van der Waals surface area contributed by atoms with Crippen molar-refractivity contribution in [1.82, 2.24) is 24.9 Å². The fourth-order valence-electron chi connectivity index (χ4n) is 3.08. The first-order chi connectivity index (χ1) is 13.9. The fraction of sp³-hybridized carbons (Fsp3) is 0.333. The molecule has 1 atom stereocenters. The molecule has 1 unspecified atom stereocenters. The average molecular weight is 432 g/mol. The van der Waals surface area contributed by atoms with Crippen LogP contribution in [0.1, 0.15) is 18.7 Å².